The Morgan fingerprint density at radius 1 is 0.933 bits per heavy atom. The zero-order valence-corrected chi connectivity index (χ0v) is 25.5. The van der Waals surface area contributed by atoms with Gasteiger partial charge >= 0.3 is 0 Å². The molecule has 3 amide bonds. The number of anilines is 1. The lowest BCUT2D eigenvalue weighted by Gasteiger charge is -2.30. The summed E-state index contributed by atoms with van der Waals surface area (Å²) in [5.41, 5.74) is 6.83. The van der Waals surface area contributed by atoms with Crippen LogP contribution in [0.15, 0.2) is 93.8 Å². The number of amides is 3. The summed E-state index contributed by atoms with van der Waals surface area (Å²) in [6, 6.07) is 21.1. The summed E-state index contributed by atoms with van der Waals surface area (Å²) in [4.78, 5) is 42.2. The number of hydrogen-bond acceptors (Lipinski definition) is 8. The third-order valence-corrected chi connectivity index (χ3v) is 9.08. The van der Waals surface area contributed by atoms with Crippen LogP contribution in [-0.2, 0) is 14.4 Å². The van der Waals surface area contributed by atoms with Gasteiger partial charge in [0.05, 0.1) is 24.6 Å². The molecule has 3 aliphatic heterocycles. The summed E-state index contributed by atoms with van der Waals surface area (Å²) in [7, 11) is 1.48. The normalized spacial score (nSPS) is 24.7. The molecule has 1 saturated heterocycles. The monoisotopic (exact) mass is 602 g/mol. The Morgan fingerprint density at radius 3 is 2.38 bits per heavy atom. The lowest BCUT2D eigenvalue weighted by Crippen LogP contribution is -2.45. The van der Waals surface area contributed by atoms with Crippen LogP contribution in [0.25, 0.3) is 6.08 Å². The number of ether oxygens (including phenoxy) is 1. The van der Waals surface area contributed by atoms with E-state index >= 15 is 0 Å². The number of benzene rings is 3. The third-order valence-electron chi connectivity index (χ3n) is 9.08. The van der Waals surface area contributed by atoms with E-state index in [2.05, 4.69) is 71.9 Å². The van der Waals surface area contributed by atoms with Crippen molar-refractivity contribution < 1.29 is 19.1 Å². The molecule has 4 atom stereocenters. The third kappa shape index (κ3) is 5.00. The Balaban J connectivity index is 1.19. The number of rotatable bonds is 6. The molecular formula is C35H34N6O4. The first kappa shape index (κ1) is 28.6. The van der Waals surface area contributed by atoms with Crippen LogP contribution < -0.4 is 9.64 Å². The van der Waals surface area contributed by atoms with Crippen molar-refractivity contribution in [3.63, 3.8) is 0 Å². The molecule has 228 valence electrons. The van der Waals surface area contributed by atoms with Gasteiger partial charge in [0.2, 0.25) is 0 Å². The Hall–Kier alpha value is -5.12. The molecular weight excluding hydrogens is 568 g/mol. The summed E-state index contributed by atoms with van der Waals surface area (Å²) in [6.45, 7) is 3.86. The number of hydrogen-bond donors (Lipinski definition) is 0. The summed E-state index contributed by atoms with van der Waals surface area (Å²) in [5.74, 6) is -0.876. The highest BCUT2D eigenvalue weighted by Crippen LogP contribution is 2.45. The molecule has 0 N–H and O–H groups in total. The average molecular weight is 603 g/mol. The van der Waals surface area contributed by atoms with Crippen molar-refractivity contribution in [3.05, 3.63) is 101 Å². The maximum atomic E-state index is 14.2. The molecule has 45 heavy (non-hydrogen) atoms. The average Bonchev–Trinajstić information content (AvgIpc) is 3.72. The number of carbonyl (C=O) groups is 3. The van der Waals surface area contributed by atoms with Crippen molar-refractivity contribution in [2.45, 2.75) is 51.2 Å². The zero-order chi connectivity index (χ0) is 31.2. The van der Waals surface area contributed by atoms with Crippen molar-refractivity contribution in [2.24, 2.45) is 21.4 Å². The van der Waals surface area contributed by atoms with Crippen LogP contribution in [0.1, 0.15) is 47.6 Å². The van der Waals surface area contributed by atoms with E-state index in [1.807, 2.05) is 6.92 Å². The topological polar surface area (TPSA) is 107 Å². The molecule has 10 nitrogen and oxygen atoms in total. The minimum absolute atomic E-state index is 0.0331. The van der Waals surface area contributed by atoms with E-state index < -0.39 is 23.9 Å². The first-order chi connectivity index (χ1) is 21.8. The molecule has 10 heteroatoms. The molecule has 1 saturated carbocycles. The maximum Gasteiger partial charge on any atom is 0.264 e. The number of hydrazone groups is 1. The fraction of sp³-hybridized carbons (Fsp3) is 0.314. The Morgan fingerprint density at radius 2 is 1.64 bits per heavy atom. The van der Waals surface area contributed by atoms with Gasteiger partial charge in [-0.25, -0.2) is 9.91 Å². The lowest BCUT2D eigenvalue weighted by atomic mass is 9.77. The lowest BCUT2D eigenvalue weighted by molar-refractivity contribution is -0.136. The number of fused-ring (bicyclic) bond motifs is 2. The van der Waals surface area contributed by atoms with Crippen LogP contribution >= 0.6 is 0 Å². The molecule has 2 fully saturated rings. The number of aryl methyl sites for hydroxylation is 2. The molecule has 0 radical (unpaired) electrons. The fourth-order valence-electron chi connectivity index (χ4n) is 6.78. The molecule has 3 aromatic rings. The van der Waals surface area contributed by atoms with E-state index in [1.165, 1.54) is 17.7 Å². The molecule has 4 aliphatic rings. The minimum Gasteiger partial charge on any atom is -0.495 e. The zero-order valence-electron chi connectivity index (χ0n) is 25.5. The van der Waals surface area contributed by atoms with Gasteiger partial charge in [-0.3, -0.25) is 19.4 Å². The second-order valence-electron chi connectivity index (χ2n) is 12.0. The molecule has 0 aromatic heterocycles. The fourth-order valence-corrected chi connectivity index (χ4v) is 6.78. The minimum atomic E-state index is -1.03. The van der Waals surface area contributed by atoms with Gasteiger partial charge in [0.15, 0.2) is 12.1 Å². The Kier molecular flexibility index (Phi) is 7.27. The summed E-state index contributed by atoms with van der Waals surface area (Å²) in [5, 5.41) is 16.2. The summed E-state index contributed by atoms with van der Waals surface area (Å²) >= 11 is 0. The van der Waals surface area contributed by atoms with E-state index in [4.69, 9.17) is 9.84 Å². The first-order valence-electron chi connectivity index (χ1n) is 15.3. The molecule has 0 bridgehead atoms. The van der Waals surface area contributed by atoms with Crippen molar-refractivity contribution >= 4 is 35.2 Å². The van der Waals surface area contributed by atoms with Gasteiger partial charge in [-0.15, -0.1) is 0 Å². The molecule has 1 aliphatic carbocycles. The van der Waals surface area contributed by atoms with Gasteiger partial charge in [0.25, 0.3) is 17.7 Å². The van der Waals surface area contributed by atoms with E-state index in [0.717, 1.165) is 52.1 Å². The number of allylic oxidation sites excluding steroid dienone is 1. The highest BCUT2D eigenvalue weighted by Gasteiger charge is 2.56. The number of methoxy groups -OCH3 is 1. The van der Waals surface area contributed by atoms with E-state index in [1.54, 1.807) is 29.3 Å². The van der Waals surface area contributed by atoms with Gasteiger partial charge in [0.1, 0.15) is 12.3 Å². The second-order valence-corrected chi connectivity index (χ2v) is 12.0. The Bertz CT molecular complexity index is 1760. The highest BCUT2D eigenvalue weighted by molar-refractivity contribution is 6.26. The Labute approximate surface area is 261 Å². The van der Waals surface area contributed by atoms with Gasteiger partial charge < -0.3 is 4.74 Å². The number of nitrogens with zero attached hydrogens (tertiary/aromatic N) is 6. The largest absolute Gasteiger partial charge is 0.495 e. The quantitative estimate of drug-likeness (QED) is 0.350. The van der Waals surface area contributed by atoms with Gasteiger partial charge in [-0.2, -0.15) is 10.2 Å². The van der Waals surface area contributed by atoms with Crippen LogP contribution in [0.4, 0.5) is 5.69 Å². The number of para-hydroxylation sites is 2. The molecule has 0 spiro atoms. The van der Waals surface area contributed by atoms with Crippen molar-refractivity contribution in [1.29, 1.82) is 0 Å². The first-order valence-corrected chi connectivity index (χ1v) is 15.3. The second kappa shape index (κ2) is 11.4. The van der Waals surface area contributed by atoms with Crippen molar-refractivity contribution in [1.82, 2.24) is 10.0 Å². The number of carbonyl (C=O) groups excluding carboxylic acids is 3. The van der Waals surface area contributed by atoms with Crippen molar-refractivity contribution in [3.8, 4) is 5.75 Å². The number of imide groups is 1. The standard InChI is InChI=1S/C35H34N6O4/c1-21-11-15-23(16-12-21)19-25-7-6-8-26-30(25)37-41(32(26)24-17-13-22(2)14-18-24)29(42)20-39-33-31(36-38-39)34(43)40(35(33)44)27-9-4-5-10-28(27)45-3/h4-5,9-19,26,31-33H,6-8,20H2,1-3H3/b25-19+/t26-,31+,32-,33+/m0/s1. The molecule has 0 unspecified atom stereocenters. The van der Waals surface area contributed by atoms with Gasteiger partial charge in [-0.1, -0.05) is 77.0 Å². The van der Waals surface area contributed by atoms with Crippen molar-refractivity contribution in [2.75, 3.05) is 18.6 Å². The SMILES string of the molecule is COc1ccccc1N1C(=O)[C@@H]2N=NN(CC(=O)N3N=C4/C(=C/c5ccc(C)cc5)CCC[C@@H]4[C@@H]3c3ccc(C)cc3)[C@H]2C1=O. The summed E-state index contributed by atoms with van der Waals surface area (Å²) in [6.07, 6.45) is 4.96. The van der Waals surface area contributed by atoms with Gasteiger partial charge in [0, 0.05) is 5.92 Å². The summed E-state index contributed by atoms with van der Waals surface area (Å²) < 4.78 is 5.40. The van der Waals surface area contributed by atoms with Gasteiger partial charge in [-0.05, 0) is 68.0 Å². The van der Waals surface area contributed by atoms with Crippen LogP contribution in [0.2, 0.25) is 0 Å². The maximum absolute atomic E-state index is 14.2. The van der Waals surface area contributed by atoms with Crippen LogP contribution in [-0.4, -0.2) is 59.2 Å². The van der Waals surface area contributed by atoms with E-state index in [9.17, 15) is 14.4 Å². The van der Waals surface area contributed by atoms with E-state index in [-0.39, 0.29) is 24.4 Å². The highest BCUT2D eigenvalue weighted by atomic mass is 16.5. The predicted molar refractivity (Wildman–Crippen MR) is 169 cm³/mol. The molecule has 3 heterocycles. The molecule has 7 rings (SSSR count). The predicted octanol–water partition coefficient (Wildman–Crippen LogP) is 5.43. The smallest absolute Gasteiger partial charge is 0.264 e. The van der Waals surface area contributed by atoms with Crippen LogP contribution in [0, 0.1) is 19.8 Å². The van der Waals surface area contributed by atoms with Crippen LogP contribution in [0.5, 0.6) is 5.75 Å². The van der Waals surface area contributed by atoms with E-state index in [0.29, 0.717) is 11.4 Å². The molecule has 3 aromatic carbocycles. The van der Waals surface area contributed by atoms with Crippen LogP contribution in [0.3, 0.4) is 0 Å².